The lowest BCUT2D eigenvalue weighted by molar-refractivity contribution is -0.134. The number of pyridine rings is 1. The van der Waals surface area contributed by atoms with Crippen LogP contribution in [0.15, 0.2) is 18.5 Å². The largest absolute Gasteiger partial charge is 0.463 e. The number of alkyl halides is 1. The first-order valence-corrected chi connectivity index (χ1v) is 5.20. The fourth-order valence-electron chi connectivity index (χ4n) is 1.48. The predicted octanol–water partition coefficient (Wildman–Crippen LogP) is 2.51. The first kappa shape index (κ1) is 9.74. The molecule has 0 aliphatic carbocycles. The molecular formula is C10H12ClNO2. The van der Waals surface area contributed by atoms with Gasteiger partial charge in [-0.25, -0.2) is 0 Å². The zero-order chi connectivity index (χ0) is 9.97. The second-order valence-corrected chi connectivity index (χ2v) is 3.46. The highest BCUT2D eigenvalue weighted by molar-refractivity contribution is 6.18. The Kier molecular flexibility index (Phi) is 2.89. The third-order valence-electron chi connectivity index (χ3n) is 2.21. The Morgan fingerprint density at radius 1 is 1.57 bits per heavy atom. The van der Waals surface area contributed by atoms with Crippen LogP contribution in [0, 0.1) is 0 Å². The summed E-state index contributed by atoms with van der Waals surface area (Å²) in [5.41, 5.74) is 0.986. The van der Waals surface area contributed by atoms with E-state index in [0.29, 0.717) is 5.88 Å². The maximum absolute atomic E-state index is 5.83. The van der Waals surface area contributed by atoms with Gasteiger partial charge in [-0.05, 0) is 6.07 Å². The Balaban J connectivity index is 2.31. The summed E-state index contributed by atoms with van der Waals surface area (Å²) >= 11 is 5.83. The Hall–Kier alpha value is -0.800. The minimum absolute atomic E-state index is 0.0756. The number of halogens is 1. The number of ether oxygens (including phenoxy) is 2. The molecule has 0 radical (unpaired) electrons. The van der Waals surface area contributed by atoms with Crippen molar-refractivity contribution in [2.75, 3.05) is 5.88 Å². The highest BCUT2D eigenvalue weighted by Gasteiger charge is 2.26. The number of fused-ring (bicyclic) bond motifs is 1. The molecule has 1 aromatic heterocycles. The molecule has 1 aliphatic heterocycles. The van der Waals surface area contributed by atoms with Crippen LogP contribution in [-0.4, -0.2) is 17.2 Å². The van der Waals surface area contributed by atoms with Crippen molar-refractivity contribution in [3.05, 3.63) is 24.0 Å². The van der Waals surface area contributed by atoms with E-state index in [0.717, 1.165) is 17.7 Å². The monoisotopic (exact) mass is 213 g/mol. The van der Waals surface area contributed by atoms with E-state index in [9.17, 15) is 0 Å². The van der Waals surface area contributed by atoms with Gasteiger partial charge in [-0.3, -0.25) is 4.98 Å². The number of hydrogen-bond donors (Lipinski definition) is 0. The Labute approximate surface area is 88.0 Å². The lowest BCUT2D eigenvalue weighted by Gasteiger charge is -2.30. The maximum atomic E-state index is 5.83. The van der Waals surface area contributed by atoms with Gasteiger partial charge in [-0.15, -0.1) is 11.6 Å². The number of rotatable bonds is 2. The quantitative estimate of drug-likeness (QED) is 0.708. The minimum Gasteiger partial charge on any atom is -0.463 e. The van der Waals surface area contributed by atoms with Crippen molar-refractivity contribution < 1.29 is 9.47 Å². The van der Waals surface area contributed by atoms with Crippen molar-refractivity contribution in [2.24, 2.45) is 0 Å². The molecule has 2 unspecified atom stereocenters. The van der Waals surface area contributed by atoms with Crippen molar-refractivity contribution in [3.8, 4) is 5.75 Å². The zero-order valence-corrected chi connectivity index (χ0v) is 8.70. The number of hydrogen-bond acceptors (Lipinski definition) is 3. The summed E-state index contributed by atoms with van der Waals surface area (Å²) in [5.74, 6) is 1.23. The maximum Gasteiger partial charge on any atom is 0.200 e. The first-order chi connectivity index (χ1) is 6.85. The van der Waals surface area contributed by atoms with Crippen LogP contribution in [0.3, 0.4) is 0 Å². The Morgan fingerprint density at radius 2 is 2.43 bits per heavy atom. The van der Waals surface area contributed by atoms with Crippen LogP contribution in [0.25, 0.3) is 0 Å². The predicted molar refractivity (Wildman–Crippen MR) is 53.5 cm³/mol. The van der Waals surface area contributed by atoms with Gasteiger partial charge in [0.25, 0.3) is 0 Å². The molecule has 0 aromatic carbocycles. The van der Waals surface area contributed by atoms with Gasteiger partial charge in [0.1, 0.15) is 11.9 Å². The summed E-state index contributed by atoms with van der Waals surface area (Å²) in [6.45, 7) is 2.01. The fraction of sp³-hybridized carbons (Fsp3) is 0.500. The van der Waals surface area contributed by atoms with Crippen molar-refractivity contribution >= 4 is 11.6 Å². The molecule has 0 saturated heterocycles. The van der Waals surface area contributed by atoms with E-state index in [2.05, 4.69) is 4.98 Å². The molecule has 4 heteroatoms. The molecule has 14 heavy (non-hydrogen) atoms. The first-order valence-electron chi connectivity index (χ1n) is 4.67. The van der Waals surface area contributed by atoms with Gasteiger partial charge in [-0.1, -0.05) is 6.92 Å². The van der Waals surface area contributed by atoms with Gasteiger partial charge in [0, 0.05) is 18.2 Å². The molecule has 2 atom stereocenters. The van der Waals surface area contributed by atoms with Gasteiger partial charge in [0.15, 0.2) is 6.29 Å². The van der Waals surface area contributed by atoms with E-state index < -0.39 is 0 Å². The SMILES string of the molecule is CCC1Oc2cnccc2C(CCl)O1. The van der Waals surface area contributed by atoms with Crippen LogP contribution < -0.4 is 4.74 Å². The van der Waals surface area contributed by atoms with Crippen LogP contribution in [0.2, 0.25) is 0 Å². The third kappa shape index (κ3) is 1.70. The van der Waals surface area contributed by atoms with Gasteiger partial charge < -0.3 is 9.47 Å². The Morgan fingerprint density at radius 3 is 3.14 bits per heavy atom. The molecule has 0 N–H and O–H groups in total. The second kappa shape index (κ2) is 4.15. The Bertz CT molecular complexity index is 319. The molecule has 2 rings (SSSR count). The molecule has 0 fully saturated rings. The van der Waals surface area contributed by atoms with E-state index >= 15 is 0 Å². The normalized spacial score (nSPS) is 25.3. The van der Waals surface area contributed by atoms with Crippen molar-refractivity contribution in [3.63, 3.8) is 0 Å². The molecule has 2 heterocycles. The molecule has 0 amide bonds. The molecule has 0 spiro atoms. The van der Waals surface area contributed by atoms with Crippen LogP contribution >= 0.6 is 11.6 Å². The van der Waals surface area contributed by atoms with Crippen molar-refractivity contribution in [1.82, 2.24) is 4.98 Å². The molecule has 0 bridgehead atoms. The summed E-state index contributed by atoms with van der Waals surface area (Å²) in [4.78, 5) is 4.01. The van der Waals surface area contributed by atoms with Crippen LogP contribution in [0.4, 0.5) is 0 Å². The average Bonchev–Trinajstić information content (AvgIpc) is 2.27. The highest BCUT2D eigenvalue weighted by atomic mass is 35.5. The number of nitrogens with zero attached hydrogens (tertiary/aromatic N) is 1. The molecule has 3 nitrogen and oxygen atoms in total. The summed E-state index contributed by atoms with van der Waals surface area (Å²) in [7, 11) is 0. The standard InChI is InChI=1S/C10H12ClNO2/c1-2-10-13-8(5-11)7-3-4-12-6-9(7)14-10/h3-4,6,8,10H,2,5H2,1H3. The van der Waals surface area contributed by atoms with Gasteiger partial charge in [0.05, 0.1) is 12.1 Å². The van der Waals surface area contributed by atoms with Crippen LogP contribution in [-0.2, 0) is 4.74 Å². The topological polar surface area (TPSA) is 31.4 Å². The van der Waals surface area contributed by atoms with E-state index in [4.69, 9.17) is 21.1 Å². The van der Waals surface area contributed by atoms with E-state index in [1.807, 2.05) is 13.0 Å². The van der Waals surface area contributed by atoms with Crippen molar-refractivity contribution in [2.45, 2.75) is 25.7 Å². The molecule has 76 valence electrons. The van der Waals surface area contributed by atoms with Gasteiger partial charge in [0.2, 0.25) is 0 Å². The average molecular weight is 214 g/mol. The third-order valence-corrected chi connectivity index (χ3v) is 2.49. The van der Waals surface area contributed by atoms with E-state index in [1.165, 1.54) is 0 Å². The molecule has 0 saturated carbocycles. The smallest absolute Gasteiger partial charge is 0.200 e. The van der Waals surface area contributed by atoms with Crippen LogP contribution in [0.1, 0.15) is 25.0 Å². The fourth-order valence-corrected chi connectivity index (χ4v) is 1.72. The molecule has 1 aliphatic rings. The lowest BCUT2D eigenvalue weighted by Crippen LogP contribution is -2.28. The van der Waals surface area contributed by atoms with Crippen molar-refractivity contribution in [1.29, 1.82) is 0 Å². The minimum atomic E-state index is -0.199. The summed E-state index contributed by atoms with van der Waals surface area (Å²) < 4.78 is 11.2. The summed E-state index contributed by atoms with van der Waals surface area (Å²) in [6.07, 6.45) is 3.96. The zero-order valence-electron chi connectivity index (χ0n) is 7.94. The van der Waals surface area contributed by atoms with Gasteiger partial charge in [-0.2, -0.15) is 0 Å². The summed E-state index contributed by atoms with van der Waals surface area (Å²) in [5, 5.41) is 0. The van der Waals surface area contributed by atoms with Crippen LogP contribution in [0.5, 0.6) is 5.75 Å². The second-order valence-electron chi connectivity index (χ2n) is 3.15. The highest BCUT2D eigenvalue weighted by Crippen LogP contribution is 2.34. The molecule has 1 aromatic rings. The lowest BCUT2D eigenvalue weighted by atomic mass is 10.1. The van der Waals surface area contributed by atoms with E-state index in [-0.39, 0.29) is 12.4 Å². The summed E-state index contributed by atoms with van der Waals surface area (Å²) in [6, 6.07) is 1.88. The van der Waals surface area contributed by atoms with E-state index in [1.54, 1.807) is 12.4 Å². The van der Waals surface area contributed by atoms with Gasteiger partial charge >= 0.3 is 0 Å². The molecular weight excluding hydrogens is 202 g/mol. The number of aromatic nitrogens is 1.